The Bertz CT molecular complexity index is 1700. The lowest BCUT2D eigenvalue weighted by molar-refractivity contribution is -0.122. The van der Waals surface area contributed by atoms with E-state index in [4.69, 9.17) is 4.42 Å². The van der Waals surface area contributed by atoms with Gasteiger partial charge in [0.1, 0.15) is 23.0 Å². The van der Waals surface area contributed by atoms with Gasteiger partial charge in [0.15, 0.2) is 5.69 Å². The van der Waals surface area contributed by atoms with Gasteiger partial charge in [-0.2, -0.15) is 0 Å². The van der Waals surface area contributed by atoms with E-state index in [1.165, 1.54) is 34.9 Å². The molecular formula is C32H37N9O5S. The minimum Gasteiger partial charge on any atom is -0.446 e. The van der Waals surface area contributed by atoms with E-state index >= 15 is 0 Å². The molecule has 4 N–H and O–H groups in total. The Morgan fingerprint density at radius 2 is 1.77 bits per heavy atom. The molecule has 0 aliphatic carbocycles. The number of oxazole rings is 1. The number of aromatic nitrogens is 4. The molecule has 5 rings (SSSR count). The van der Waals surface area contributed by atoms with Crippen molar-refractivity contribution in [2.45, 2.75) is 52.2 Å². The average Bonchev–Trinajstić information content (AvgIpc) is 3.74. The summed E-state index contributed by atoms with van der Waals surface area (Å²) < 4.78 is 5.69. The van der Waals surface area contributed by atoms with Crippen LogP contribution in [-0.4, -0.2) is 74.1 Å². The van der Waals surface area contributed by atoms with E-state index in [0.29, 0.717) is 17.4 Å². The Kier molecular flexibility index (Phi) is 10.6. The average molecular weight is 660 g/mol. The lowest BCUT2D eigenvalue weighted by atomic mass is 10.0. The fraction of sp³-hybridized carbons (Fsp3) is 0.375. The molecule has 4 heterocycles. The van der Waals surface area contributed by atoms with Crippen LogP contribution >= 0.6 is 11.3 Å². The molecular weight excluding hydrogens is 622 g/mol. The summed E-state index contributed by atoms with van der Waals surface area (Å²) in [5.41, 5.74) is 1.27. The molecule has 246 valence electrons. The van der Waals surface area contributed by atoms with Crippen LogP contribution < -0.4 is 21.3 Å². The summed E-state index contributed by atoms with van der Waals surface area (Å²) >= 11 is 1.25. The molecule has 4 aromatic rings. The Hall–Kier alpha value is -5.18. The zero-order valence-electron chi connectivity index (χ0n) is 26.5. The lowest BCUT2D eigenvalue weighted by Crippen LogP contribution is -2.45. The Labute approximate surface area is 275 Å². The van der Waals surface area contributed by atoms with Crippen molar-refractivity contribution in [2.24, 2.45) is 5.92 Å². The van der Waals surface area contributed by atoms with Gasteiger partial charge in [-0.25, -0.2) is 19.9 Å². The second kappa shape index (κ2) is 14.9. The zero-order chi connectivity index (χ0) is 33.5. The van der Waals surface area contributed by atoms with Gasteiger partial charge in [0.05, 0.1) is 18.2 Å². The normalized spacial score (nSPS) is 17.8. The summed E-state index contributed by atoms with van der Waals surface area (Å²) in [4.78, 5) is 72.2. The first-order valence-electron chi connectivity index (χ1n) is 15.3. The Morgan fingerprint density at radius 3 is 2.47 bits per heavy atom. The van der Waals surface area contributed by atoms with Crippen molar-refractivity contribution in [1.82, 2.24) is 40.8 Å². The van der Waals surface area contributed by atoms with E-state index in [-0.39, 0.29) is 54.4 Å². The number of hydrogen-bond donors (Lipinski definition) is 4. The predicted octanol–water partition coefficient (Wildman–Crippen LogP) is 3.15. The largest absolute Gasteiger partial charge is 0.446 e. The van der Waals surface area contributed by atoms with Crippen LogP contribution in [-0.2, 0) is 11.2 Å². The zero-order valence-corrected chi connectivity index (χ0v) is 27.3. The molecule has 2 atom stereocenters. The van der Waals surface area contributed by atoms with Gasteiger partial charge in [-0.1, -0.05) is 44.2 Å². The number of rotatable bonds is 6. The van der Waals surface area contributed by atoms with E-state index in [9.17, 15) is 19.2 Å². The SMILES string of the molecule is CC(C)Nc1ncc(C(=O)N2CCNC(=O)c3coc(n3)[C@H](Cc3ccccc3)NC(=O)c3csc(n3)[C@H](C(C)C)NC(=O)C2)cn1. The highest BCUT2D eigenvalue weighted by molar-refractivity contribution is 7.09. The van der Waals surface area contributed by atoms with Crippen LogP contribution in [0.2, 0.25) is 0 Å². The van der Waals surface area contributed by atoms with E-state index in [1.54, 1.807) is 5.38 Å². The number of thiazole rings is 1. The minimum absolute atomic E-state index is 0.00130. The quantitative estimate of drug-likeness (QED) is 0.240. The molecule has 0 spiro atoms. The first-order valence-corrected chi connectivity index (χ1v) is 16.2. The van der Waals surface area contributed by atoms with Gasteiger partial charge < -0.3 is 30.6 Å². The van der Waals surface area contributed by atoms with Crippen LogP contribution in [0.3, 0.4) is 0 Å². The summed E-state index contributed by atoms with van der Waals surface area (Å²) in [6, 6.07) is 8.38. The summed E-state index contributed by atoms with van der Waals surface area (Å²) in [7, 11) is 0. The lowest BCUT2D eigenvalue weighted by Gasteiger charge is -2.25. The molecule has 4 bridgehead atoms. The number of fused-ring (bicyclic) bond motifs is 4. The number of anilines is 1. The second-order valence-electron chi connectivity index (χ2n) is 11.7. The predicted molar refractivity (Wildman–Crippen MR) is 174 cm³/mol. The number of carbonyl (C=O) groups excluding carboxylic acids is 4. The molecule has 0 saturated heterocycles. The first-order chi connectivity index (χ1) is 22.6. The number of benzene rings is 1. The van der Waals surface area contributed by atoms with E-state index < -0.39 is 35.7 Å². The molecule has 0 fully saturated rings. The molecule has 4 amide bonds. The molecule has 0 saturated carbocycles. The van der Waals surface area contributed by atoms with Crippen molar-refractivity contribution in [3.63, 3.8) is 0 Å². The standard InChI is InChI=1S/C32H37N9O5S/c1-18(2)26-30-39-24(17-47-30)28(44)37-22(12-20-8-6-5-7-9-20)29-38-23(16-46-29)27(43)33-10-11-41(15-25(42)40-26)31(45)21-13-34-32(35-14-21)36-19(3)4/h5-9,13-14,16-19,22,26H,10-12,15H2,1-4H3,(H,33,43)(H,37,44)(H,40,42)(H,34,35,36)/t22-,26-/m0/s1. The highest BCUT2D eigenvalue weighted by Gasteiger charge is 2.28. The van der Waals surface area contributed by atoms with Gasteiger partial charge in [-0.3, -0.25) is 19.2 Å². The van der Waals surface area contributed by atoms with Gasteiger partial charge in [0.25, 0.3) is 17.7 Å². The van der Waals surface area contributed by atoms with Gasteiger partial charge in [0, 0.05) is 43.3 Å². The van der Waals surface area contributed by atoms with Crippen LogP contribution in [0, 0.1) is 5.92 Å². The Balaban J connectivity index is 1.44. The Morgan fingerprint density at radius 1 is 1.02 bits per heavy atom. The smallest absolute Gasteiger partial charge is 0.273 e. The molecule has 1 aromatic carbocycles. The molecule has 1 aliphatic rings. The van der Waals surface area contributed by atoms with E-state index in [1.807, 2.05) is 58.0 Å². The summed E-state index contributed by atoms with van der Waals surface area (Å²) in [6.45, 7) is 7.46. The number of carbonyl (C=O) groups is 4. The van der Waals surface area contributed by atoms with Gasteiger partial charge in [-0.05, 0) is 25.3 Å². The minimum atomic E-state index is -0.700. The van der Waals surface area contributed by atoms with Crippen molar-refractivity contribution in [3.8, 4) is 0 Å². The van der Waals surface area contributed by atoms with Crippen molar-refractivity contribution in [3.05, 3.63) is 87.8 Å². The third-order valence-electron chi connectivity index (χ3n) is 7.25. The third-order valence-corrected chi connectivity index (χ3v) is 8.18. The molecule has 1 aliphatic heterocycles. The van der Waals surface area contributed by atoms with Crippen LogP contribution in [0.15, 0.2) is 58.8 Å². The van der Waals surface area contributed by atoms with Crippen LogP contribution in [0.4, 0.5) is 5.95 Å². The number of hydrogen-bond acceptors (Lipinski definition) is 11. The number of amides is 4. The second-order valence-corrected chi connectivity index (χ2v) is 12.6. The maximum atomic E-state index is 13.6. The van der Waals surface area contributed by atoms with Gasteiger partial charge in [-0.15, -0.1) is 11.3 Å². The van der Waals surface area contributed by atoms with Crippen molar-refractivity contribution >= 4 is 40.9 Å². The highest BCUT2D eigenvalue weighted by Crippen LogP contribution is 2.26. The molecule has 3 aromatic heterocycles. The van der Waals surface area contributed by atoms with E-state index in [2.05, 4.69) is 41.2 Å². The van der Waals surface area contributed by atoms with Crippen molar-refractivity contribution in [2.75, 3.05) is 25.0 Å². The monoisotopic (exact) mass is 659 g/mol. The van der Waals surface area contributed by atoms with Gasteiger partial charge >= 0.3 is 0 Å². The molecule has 14 nitrogen and oxygen atoms in total. The van der Waals surface area contributed by atoms with E-state index in [0.717, 1.165) is 5.56 Å². The number of nitrogens with one attached hydrogen (secondary N) is 4. The van der Waals surface area contributed by atoms with Gasteiger partial charge in [0.2, 0.25) is 17.7 Å². The molecule has 15 heteroatoms. The summed E-state index contributed by atoms with van der Waals surface area (Å²) in [6.07, 6.45) is 4.36. The number of nitrogens with zero attached hydrogens (tertiary/aromatic N) is 5. The van der Waals surface area contributed by atoms with Crippen LogP contribution in [0.5, 0.6) is 0 Å². The summed E-state index contributed by atoms with van der Waals surface area (Å²) in [5.74, 6) is -1.48. The third kappa shape index (κ3) is 8.55. The summed E-state index contributed by atoms with van der Waals surface area (Å²) in [5, 5.41) is 13.9. The molecule has 47 heavy (non-hydrogen) atoms. The first kappa shape index (κ1) is 33.2. The van der Waals surface area contributed by atoms with Crippen molar-refractivity contribution < 1.29 is 23.6 Å². The topological polar surface area (TPSA) is 184 Å². The van der Waals surface area contributed by atoms with Crippen LogP contribution in [0.25, 0.3) is 0 Å². The highest BCUT2D eigenvalue weighted by atomic mass is 32.1. The van der Waals surface area contributed by atoms with Crippen molar-refractivity contribution in [1.29, 1.82) is 0 Å². The fourth-order valence-electron chi connectivity index (χ4n) is 4.88. The molecule has 0 unspecified atom stereocenters. The molecule has 0 radical (unpaired) electrons. The maximum Gasteiger partial charge on any atom is 0.273 e. The fourth-order valence-corrected chi connectivity index (χ4v) is 5.90. The van der Waals surface area contributed by atoms with Crippen LogP contribution in [0.1, 0.15) is 87.6 Å². The maximum absolute atomic E-state index is 13.6.